The fourth-order valence-electron chi connectivity index (χ4n) is 7.69. The monoisotopic (exact) mass is 517 g/mol. The summed E-state index contributed by atoms with van der Waals surface area (Å²) in [4.78, 5) is 33.2. The zero-order chi connectivity index (χ0) is 25.7. The third-order valence-corrected chi connectivity index (χ3v) is 9.25. The quantitative estimate of drug-likeness (QED) is 0.310. The summed E-state index contributed by atoms with van der Waals surface area (Å²) in [6, 6.07) is 12.5. The highest BCUT2D eigenvalue weighted by molar-refractivity contribution is 6.33. The van der Waals surface area contributed by atoms with Crippen molar-refractivity contribution in [2.75, 3.05) is 5.32 Å². The number of benzene rings is 2. The molecule has 37 heavy (non-hydrogen) atoms. The second-order valence-corrected chi connectivity index (χ2v) is 12.0. The van der Waals surface area contributed by atoms with Crippen molar-refractivity contribution in [2.45, 2.75) is 58.3 Å². The first-order valence-electron chi connectivity index (χ1n) is 13.3. The van der Waals surface area contributed by atoms with E-state index in [0.717, 1.165) is 47.4 Å². The average molecular weight is 518 g/mol. The molecule has 6 nitrogen and oxygen atoms in total. The van der Waals surface area contributed by atoms with E-state index in [1.165, 1.54) is 50.7 Å². The zero-order valence-electron chi connectivity index (χ0n) is 21.0. The Kier molecular flexibility index (Phi) is 6.10. The minimum absolute atomic E-state index is 0.0517. The van der Waals surface area contributed by atoms with E-state index in [1.807, 2.05) is 31.2 Å². The van der Waals surface area contributed by atoms with Gasteiger partial charge in [-0.1, -0.05) is 35.9 Å². The molecule has 1 amide bonds. The first kappa shape index (κ1) is 24.2. The third-order valence-electron chi connectivity index (χ3n) is 8.92. The summed E-state index contributed by atoms with van der Waals surface area (Å²) in [7, 11) is 0. The van der Waals surface area contributed by atoms with E-state index in [0.29, 0.717) is 22.6 Å². The van der Waals surface area contributed by atoms with Crippen LogP contribution in [0, 0.1) is 30.1 Å². The van der Waals surface area contributed by atoms with Crippen LogP contribution < -0.4 is 5.32 Å². The number of aromatic carboxylic acids is 1. The number of aryl methyl sites for hydroxylation is 2. The van der Waals surface area contributed by atoms with Gasteiger partial charge in [0.1, 0.15) is 11.5 Å². The van der Waals surface area contributed by atoms with Crippen molar-refractivity contribution >= 4 is 29.2 Å². The van der Waals surface area contributed by atoms with Crippen LogP contribution in [0.15, 0.2) is 42.5 Å². The van der Waals surface area contributed by atoms with E-state index in [1.54, 1.807) is 6.07 Å². The maximum atomic E-state index is 13.5. The predicted molar refractivity (Wildman–Crippen MR) is 144 cm³/mol. The van der Waals surface area contributed by atoms with Crippen LogP contribution in [0.25, 0.3) is 11.4 Å². The number of carboxylic acids is 1. The average Bonchev–Trinajstić information content (AvgIpc) is 3.28. The van der Waals surface area contributed by atoms with Gasteiger partial charge in [0, 0.05) is 16.9 Å². The van der Waals surface area contributed by atoms with Gasteiger partial charge in [0.25, 0.3) is 5.91 Å². The molecule has 4 saturated carbocycles. The van der Waals surface area contributed by atoms with Gasteiger partial charge in [-0.2, -0.15) is 0 Å². The Balaban J connectivity index is 1.29. The van der Waals surface area contributed by atoms with Crippen molar-refractivity contribution in [2.24, 2.45) is 23.2 Å². The Morgan fingerprint density at radius 2 is 1.76 bits per heavy atom. The minimum atomic E-state index is -1.14. The fraction of sp³-hybridized carbons (Fsp3) is 0.433. The van der Waals surface area contributed by atoms with E-state index < -0.39 is 5.97 Å². The molecule has 4 aliphatic carbocycles. The summed E-state index contributed by atoms with van der Waals surface area (Å²) in [6.07, 6.45) is 10.0. The van der Waals surface area contributed by atoms with Gasteiger partial charge in [0.05, 0.1) is 10.6 Å². The highest BCUT2D eigenvalue weighted by atomic mass is 35.5. The number of rotatable bonds is 7. The Morgan fingerprint density at radius 1 is 1.08 bits per heavy atom. The lowest BCUT2D eigenvalue weighted by Gasteiger charge is -2.57. The van der Waals surface area contributed by atoms with Crippen molar-refractivity contribution in [3.05, 3.63) is 70.0 Å². The Bertz CT molecular complexity index is 1340. The van der Waals surface area contributed by atoms with Crippen molar-refractivity contribution in [3.8, 4) is 11.4 Å². The molecule has 3 aromatic rings. The van der Waals surface area contributed by atoms with Crippen LogP contribution >= 0.6 is 11.6 Å². The SMILES string of the molecule is Cc1ccccc1-c1nc(C(=O)Nc2ccc(Cl)c(C(=O)O)c2)c(CCC23CC4CC(CC(C4)C2)C3)[nH]1. The summed E-state index contributed by atoms with van der Waals surface area (Å²) in [5, 5.41) is 12.4. The number of H-pyrrole nitrogens is 1. The lowest BCUT2D eigenvalue weighted by atomic mass is 9.48. The van der Waals surface area contributed by atoms with E-state index in [9.17, 15) is 14.7 Å². The molecule has 0 spiro atoms. The summed E-state index contributed by atoms with van der Waals surface area (Å²) in [6.45, 7) is 2.04. The van der Waals surface area contributed by atoms with Gasteiger partial charge >= 0.3 is 5.97 Å². The number of carbonyl (C=O) groups is 2. The molecule has 0 aliphatic heterocycles. The topological polar surface area (TPSA) is 95.1 Å². The van der Waals surface area contributed by atoms with Gasteiger partial charge in [-0.3, -0.25) is 4.79 Å². The number of anilines is 1. The molecular weight excluding hydrogens is 486 g/mol. The summed E-state index contributed by atoms with van der Waals surface area (Å²) < 4.78 is 0. The maximum absolute atomic E-state index is 13.5. The summed E-state index contributed by atoms with van der Waals surface area (Å²) >= 11 is 6.02. The van der Waals surface area contributed by atoms with Gasteiger partial charge in [-0.05, 0) is 105 Å². The molecule has 0 unspecified atom stereocenters. The normalized spacial score (nSPS) is 25.8. The summed E-state index contributed by atoms with van der Waals surface area (Å²) in [5.41, 5.74) is 3.98. The maximum Gasteiger partial charge on any atom is 0.337 e. The second-order valence-electron chi connectivity index (χ2n) is 11.6. The van der Waals surface area contributed by atoms with Crippen LogP contribution in [-0.4, -0.2) is 27.0 Å². The van der Waals surface area contributed by atoms with Gasteiger partial charge in [-0.25, -0.2) is 9.78 Å². The van der Waals surface area contributed by atoms with Gasteiger partial charge in [-0.15, -0.1) is 0 Å². The highest BCUT2D eigenvalue weighted by Gasteiger charge is 2.50. The molecule has 4 fully saturated rings. The van der Waals surface area contributed by atoms with Crippen molar-refractivity contribution in [1.29, 1.82) is 0 Å². The number of nitrogens with one attached hydrogen (secondary N) is 2. The van der Waals surface area contributed by atoms with E-state index in [4.69, 9.17) is 16.6 Å². The smallest absolute Gasteiger partial charge is 0.337 e. The molecule has 7 rings (SSSR count). The number of halogens is 1. The first-order chi connectivity index (χ1) is 17.8. The van der Waals surface area contributed by atoms with Crippen LogP contribution in [0.2, 0.25) is 5.02 Å². The van der Waals surface area contributed by atoms with Crippen molar-refractivity contribution < 1.29 is 14.7 Å². The largest absolute Gasteiger partial charge is 0.478 e. The second kappa shape index (κ2) is 9.32. The third kappa shape index (κ3) is 4.68. The molecule has 4 bridgehead atoms. The van der Waals surface area contributed by atoms with Gasteiger partial charge in [0.2, 0.25) is 0 Å². The number of hydrogen-bond donors (Lipinski definition) is 3. The van der Waals surface area contributed by atoms with Crippen LogP contribution in [0.3, 0.4) is 0 Å². The number of carboxylic acid groups (broad SMARTS) is 1. The number of hydrogen-bond acceptors (Lipinski definition) is 3. The number of aromatic amines is 1. The standard InChI is InChI=1S/C30H32ClN3O3/c1-17-4-2-3-5-22(17)27-33-25(8-9-30-14-18-10-19(15-30)12-20(11-18)16-30)26(34-27)28(35)32-21-6-7-24(31)23(13-21)29(36)37/h2-7,13,18-20H,8-12,14-16H2,1H3,(H,32,35)(H,33,34)(H,36,37). The van der Waals surface area contributed by atoms with Gasteiger partial charge < -0.3 is 15.4 Å². The minimum Gasteiger partial charge on any atom is -0.478 e. The molecule has 2 aromatic carbocycles. The molecule has 3 N–H and O–H groups in total. The van der Waals surface area contributed by atoms with Crippen LogP contribution in [0.1, 0.15) is 77.0 Å². The van der Waals surface area contributed by atoms with Crippen LogP contribution in [0.5, 0.6) is 0 Å². The van der Waals surface area contributed by atoms with E-state index in [2.05, 4.69) is 10.3 Å². The van der Waals surface area contributed by atoms with Crippen molar-refractivity contribution in [3.63, 3.8) is 0 Å². The molecule has 4 aliphatic rings. The van der Waals surface area contributed by atoms with Crippen molar-refractivity contribution in [1.82, 2.24) is 9.97 Å². The zero-order valence-corrected chi connectivity index (χ0v) is 21.8. The number of imidazole rings is 1. The molecule has 192 valence electrons. The molecule has 0 atom stereocenters. The molecule has 1 heterocycles. The van der Waals surface area contributed by atoms with Gasteiger partial charge in [0.15, 0.2) is 0 Å². The Hall–Kier alpha value is -3.12. The molecular formula is C30H32ClN3O3. The lowest BCUT2D eigenvalue weighted by molar-refractivity contribution is -0.0570. The van der Waals surface area contributed by atoms with E-state index >= 15 is 0 Å². The molecule has 1 aromatic heterocycles. The Labute approximate surface area is 221 Å². The number of aromatic nitrogens is 2. The molecule has 0 saturated heterocycles. The predicted octanol–water partition coefficient (Wildman–Crippen LogP) is 7.14. The lowest BCUT2D eigenvalue weighted by Crippen LogP contribution is -2.46. The number of carbonyl (C=O) groups excluding carboxylic acids is 1. The van der Waals surface area contributed by atoms with E-state index in [-0.39, 0.29) is 16.5 Å². The number of nitrogens with zero attached hydrogens (tertiary/aromatic N) is 1. The number of amides is 1. The highest BCUT2D eigenvalue weighted by Crippen LogP contribution is 2.61. The first-order valence-corrected chi connectivity index (χ1v) is 13.7. The molecule has 7 heteroatoms. The van der Waals surface area contributed by atoms with Crippen LogP contribution in [0.4, 0.5) is 5.69 Å². The van der Waals surface area contributed by atoms with Crippen LogP contribution in [-0.2, 0) is 6.42 Å². The molecule has 0 radical (unpaired) electrons. The Morgan fingerprint density at radius 3 is 2.41 bits per heavy atom. The summed E-state index contributed by atoms with van der Waals surface area (Å²) in [5.74, 6) is 1.84. The fourth-order valence-corrected chi connectivity index (χ4v) is 7.89.